The summed E-state index contributed by atoms with van der Waals surface area (Å²) < 4.78 is 7.13. The average molecular weight is 895 g/mol. The predicted molar refractivity (Wildman–Crippen MR) is 292 cm³/mol. The maximum atomic E-state index is 5.61. The number of thiophene rings is 1. The molecule has 69 heavy (non-hydrogen) atoms. The van der Waals surface area contributed by atoms with Crippen molar-refractivity contribution in [2.45, 2.75) is 0 Å². The first-order valence-electron chi connectivity index (χ1n) is 23.5. The largest absolute Gasteiger partial charge is 0.309 e. The van der Waals surface area contributed by atoms with Gasteiger partial charge in [-0.25, -0.2) is 9.97 Å². The van der Waals surface area contributed by atoms with Crippen LogP contribution < -0.4 is 0 Å². The van der Waals surface area contributed by atoms with Crippen LogP contribution in [0.5, 0.6) is 0 Å². The van der Waals surface area contributed by atoms with Gasteiger partial charge in [-0.1, -0.05) is 164 Å². The maximum absolute atomic E-state index is 5.61. The number of hydrogen-bond acceptors (Lipinski definition) is 3. The van der Waals surface area contributed by atoms with Crippen LogP contribution in [0.2, 0.25) is 0 Å². The van der Waals surface area contributed by atoms with Crippen molar-refractivity contribution in [2.75, 3.05) is 0 Å². The Morgan fingerprint density at radius 1 is 0.319 bits per heavy atom. The molecule has 0 bridgehead atoms. The molecule has 0 saturated heterocycles. The van der Waals surface area contributed by atoms with Gasteiger partial charge in [-0.15, -0.1) is 11.3 Å². The minimum absolute atomic E-state index is 0.712. The van der Waals surface area contributed by atoms with Gasteiger partial charge in [0.1, 0.15) is 0 Å². The smallest absolute Gasteiger partial charge is 0.161 e. The molecular formula is C64H38N4S. The zero-order chi connectivity index (χ0) is 45.2. The molecule has 0 saturated carbocycles. The highest BCUT2D eigenvalue weighted by Crippen LogP contribution is 2.46. The molecule has 15 rings (SSSR count). The first-order chi connectivity index (χ1) is 34.2. The lowest BCUT2D eigenvalue weighted by atomic mass is 9.90. The SMILES string of the molecule is c1ccc(-c2nc(-c3cc(-n4c5ccccc5c5cc(-c6ccc7c(c6)c6ccccc6n7-c6ccccc6)ccc54)cc4c5ccccc5c5ccccc5c34)nc3c2sc2ccccc23)cc1. The fourth-order valence-corrected chi connectivity index (χ4v) is 12.4. The second-order valence-corrected chi connectivity index (χ2v) is 19.1. The lowest BCUT2D eigenvalue weighted by Gasteiger charge is -2.18. The van der Waals surface area contributed by atoms with Crippen LogP contribution >= 0.6 is 11.3 Å². The molecule has 4 aromatic heterocycles. The maximum Gasteiger partial charge on any atom is 0.161 e. The van der Waals surface area contributed by atoms with Crippen molar-refractivity contribution in [1.29, 1.82) is 0 Å². The second kappa shape index (κ2) is 14.8. The molecule has 0 amide bonds. The van der Waals surface area contributed by atoms with Gasteiger partial charge in [-0.2, -0.15) is 0 Å². The monoisotopic (exact) mass is 894 g/mol. The van der Waals surface area contributed by atoms with Crippen molar-refractivity contribution in [3.05, 3.63) is 231 Å². The van der Waals surface area contributed by atoms with Gasteiger partial charge in [-0.3, -0.25) is 0 Å². The molecule has 0 aliphatic heterocycles. The van der Waals surface area contributed by atoms with Crippen LogP contribution in [-0.2, 0) is 0 Å². The molecule has 0 fully saturated rings. The Bertz CT molecular complexity index is 4600. The molecule has 0 atom stereocenters. The third kappa shape index (κ3) is 5.69. The summed E-state index contributed by atoms with van der Waals surface area (Å²) in [6.45, 7) is 0. The van der Waals surface area contributed by atoms with Crippen LogP contribution in [0.25, 0.3) is 141 Å². The zero-order valence-electron chi connectivity index (χ0n) is 37.1. The summed E-state index contributed by atoms with van der Waals surface area (Å²) >= 11 is 1.77. The van der Waals surface area contributed by atoms with Crippen LogP contribution in [0.3, 0.4) is 0 Å². The highest BCUT2D eigenvalue weighted by molar-refractivity contribution is 7.26. The fraction of sp³-hybridized carbons (Fsp3) is 0. The van der Waals surface area contributed by atoms with Crippen LogP contribution in [0, 0.1) is 0 Å². The molecule has 0 radical (unpaired) electrons. The Kier molecular flexibility index (Phi) is 8.20. The first kappa shape index (κ1) is 38.2. The Labute approximate surface area is 400 Å². The number of hydrogen-bond donors (Lipinski definition) is 0. The van der Waals surface area contributed by atoms with Crippen molar-refractivity contribution < 1.29 is 0 Å². The predicted octanol–water partition coefficient (Wildman–Crippen LogP) is 17.5. The van der Waals surface area contributed by atoms with E-state index >= 15 is 0 Å². The molecular weight excluding hydrogens is 857 g/mol. The van der Waals surface area contributed by atoms with Crippen LogP contribution in [0.4, 0.5) is 0 Å². The van der Waals surface area contributed by atoms with Gasteiger partial charge in [0, 0.05) is 59.5 Å². The van der Waals surface area contributed by atoms with Crippen LogP contribution in [0.1, 0.15) is 0 Å². The minimum atomic E-state index is 0.712. The first-order valence-corrected chi connectivity index (χ1v) is 24.3. The number of aromatic nitrogens is 4. The van der Waals surface area contributed by atoms with E-state index in [0.29, 0.717) is 5.82 Å². The van der Waals surface area contributed by atoms with Crippen molar-refractivity contribution in [1.82, 2.24) is 19.1 Å². The Morgan fingerprint density at radius 2 is 0.812 bits per heavy atom. The summed E-state index contributed by atoms with van der Waals surface area (Å²) in [6, 6.07) is 83.9. The van der Waals surface area contributed by atoms with E-state index in [-0.39, 0.29) is 0 Å². The number of benzene rings is 11. The van der Waals surface area contributed by atoms with Crippen molar-refractivity contribution >= 4 is 108 Å². The summed E-state index contributed by atoms with van der Waals surface area (Å²) in [6.07, 6.45) is 0. The van der Waals surface area contributed by atoms with E-state index in [2.05, 4.69) is 240 Å². The normalized spacial score (nSPS) is 12.1. The van der Waals surface area contributed by atoms with E-state index in [4.69, 9.17) is 9.97 Å². The number of nitrogens with zero attached hydrogens (tertiary/aromatic N) is 4. The summed E-state index contributed by atoms with van der Waals surface area (Å²) in [5.41, 5.74) is 13.3. The van der Waals surface area contributed by atoms with Crippen LogP contribution in [0.15, 0.2) is 231 Å². The number of para-hydroxylation sites is 3. The second-order valence-electron chi connectivity index (χ2n) is 18.0. The van der Waals surface area contributed by atoms with E-state index in [1.165, 1.54) is 75.3 Å². The van der Waals surface area contributed by atoms with E-state index < -0.39 is 0 Å². The lowest BCUT2D eigenvalue weighted by Crippen LogP contribution is -1.99. The summed E-state index contributed by atoms with van der Waals surface area (Å²) in [4.78, 5) is 11.2. The molecule has 0 spiro atoms. The molecule has 11 aromatic carbocycles. The standard InChI is InChI=1S/C64H38N4S/c1-3-17-39(18-4-1)61-63-62(50-27-13-16-30-59(50)69-63)66-64(65-61)54-38-43(37-53-46-23-8-7-21-44(46)45-22-9-10-26-49(45)60(53)54)68-56-29-15-12-25-48(56)52-36-41(32-34-58(52)68)40-31-33-57-51(35-40)47-24-11-14-28-55(47)67(57)42-19-5-2-6-20-42/h1-38H. The van der Waals surface area contributed by atoms with Crippen molar-refractivity contribution in [2.24, 2.45) is 0 Å². The summed E-state index contributed by atoms with van der Waals surface area (Å²) in [5, 5.41) is 13.2. The highest BCUT2D eigenvalue weighted by atomic mass is 32.1. The summed E-state index contributed by atoms with van der Waals surface area (Å²) in [7, 11) is 0. The van der Waals surface area contributed by atoms with E-state index in [0.717, 1.165) is 60.2 Å². The topological polar surface area (TPSA) is 35.6 Å². The average Bonchev–Trinajstić information content (AvgIpc) is 4.08. The highest BCUT2D eigenvalue weighted by Gasteiger charge is 2.23. The Morgan fingerprint density at radius 3 is 1.46 bits per heavy atom. The van der Waals surface area contributed by atoms with E-state index in [1.807, 2.05) is 0 Å². The number of fused-ring (bicyclic) bond motifs is 15. The Hall–Kier alpha value is -8.90. The molecule has 4 nitrogen and oxygen atoms in total. The third-order valence-electron chi connectivity index (χ3n) is 14.3. The van der Waals surface area contributed by atoms with Crippen LogP contribution in [-0.4, -0.2) is 19.1 Å². The zero-order valence-corrected chi connectivity index (χ0v) is 38.0. The molecule has 0 unspecified atom stereocenters. The molecule has 0 aliphatic carbocycles. The minimum Gasteiger partial charge on any atom is -0.309 e. The quantitative estimate of drug-likeness (QED) is 0.161. The lowest BCUT2D eigenvalue weighted by molar-refractivity contribution is 1.18. The van der Waals surface area contributed by atoms with Gasteiger partial charge in [0.25, 0.3) is 0 Å². The van der Waals surface area contributed by atoms with Crippen molar-refractivity contribution in [3.8, 4) is 45.1 Å². The van der Waals surface area contributed by atoms with Gasteiger partial charge < -0.3 is 9.13 Å². The molecule has 0 N–H and O–H groups in total. The van der Waals surface area contributed by atoms with Crippen molar-refractivity contribution in [3.63, 3.8) is 0 Å². The van der Waals surface area contributed by atoms with Gasteiger partial charge in [0.2, 0.25) is 0 Å². The molecule has 320 valence electrons. The Balaban J connectivity index is 1.00. The van der Waals surface area contributed by atoms with Gasteiger partial charge >= 0.3 is 0 Å². The molecule has 0 aliphatic rings. The summed E-state index contributed by atoms with van der Waals surface area (Å²) in [5.74, 6) is 0.712. The molecule has 5 heteroatoms. The number of rotatable bonds is 5. The van der Waals surface area contributed by atoms with Gasteiger partial charge in [-0.05, 0) is 105 Å². The van der Waals surface area contributed by atoms with E-state index in [1.54, 1.807) is 11.3 Å². The van der Waals surface area contributed by atoms with Gasteiger partial charge in [0.05, 0.1) is 38.0 Å². The van der Waals surface area contributed by atoms with E-state index in [9.17, 15) is 0 Å². The fourth-order valence-electron chi connectivity index (χ4n) is 11.3. The molecule has 4 heterocycles. The molecule has 15 aromatic rings. The van der Waals surface area contributed by atoms with Gasteiger partial charge in [0.15, 0.2) is 5.82 Å². The third-order valence-corrected chi connectivity index (χ3v) is 15.5.